The molecule has 0 spiro atoms. The normalized spacial score (nSPS) is 9.83. The quantitative estimate of drug-likeness (QED) is 0.884. The number of hydrogen-bond donors (Lipinski definition) is 1. The number of carbonyl (C=O) groups is 1. The molecule has 0 saturated carbocycles. The summed E-state index contributed by atoms with van der Waals surface area (Å²) in [4.78, 5) is 11.3. The van der Waals surface area contributed by atoms with Gasteiger partial charge >= 0.3 is 6.09 Å². The van der Waals surface area contributed by atoms with Gasteiger partial charge in [-0.1, -0.05) is 42.5 Å². The number of ether oxygens (including phenoxy) is 1. The molecule has 3 heteroatoms. The Morgan fingerprint density at radius 2 is 1.78 bits per heavy atom. The van der Waals surface area contributed by atoms with Gasteiger partial charge in [-0.25, -0.2) is 4.79 Å². The van der Waals surface area contributed by atoms with E-state index in [1.54, 1.807) is 6.92 Å². The van der Waals surface area contributed by atoms with Crippen molar-refractivity contribution in [2.75, 3.05) is 11.9 Å². The van der Waals surface area contributed by atoms with Crippen molar-refractivity contribution >= 4 is 11.8 Å². The van der Waals surface area contributed by atoms with E-state index in [0.29, 0.717) is 6.61 Å². The summed E-state index contributed by atoms with van der Waals surface area (Å²) in [6, 6.07) is 17.7. The van der Waals surface area contributed by atoms with Crippen LogP contribution in [0.5, 0.6) is 0 Å². The Kier molecular flexibility index (Phi) is 3.97. The molecule has 1 amide bonds. The smallest absolute Gasteiger partial charge is 0.411 e. The molecule has 2 aromatic rings. The number of rotatable bonds is 3. The van der Waals surface area contributed by atoms with E-state index in [0.717, 1.165) is 16.8 Å². The lowest BCUT2D eigenvalue weighted by atomic mass is 10.1. The Balaban J connectivity index is 2.18. The van der Waals surface area contributed by atoms with Gasteiger partial charge in [-0.05, 0) is 30.2 Å². The molecule has 2 rings (SSSR count). The van der Waals surface area contributed by atoms with E-state index in [2.05, 4.69) is 5.32 Å². The summed E-state index contributed by atoms with van der Waals surface area (Å²) in [7, 11) is 0. The van der Waals surface area contributed by atoms with Crippen molar-refractivity contribution in [2.45, 2.75) is 6.92 Å². The van der Waals surface area contributed by atoms with Crippen molar-refractivity contribution in [2.24, 2.45) is 0 Å². The zero-order valence-corrected chi connectivity index (χ0v) is 10.2. The zero-order valence-electron chi connectivity index (χ0n) is 10.2. The molecule has 1 N–H and O–H groups in total. The molecule has 18 heavy (non-hydrogen) atoms. The first-order valence-corrected chi connectivity index (χ1v) is 5.89. The van der Waals surface area contributed by atoms with Crippen LogP contribution in [-0.4, -0.2) is 12.7 Å². The second-order valence-electron chi connectivity index (χ2n) is 3.79. The van der Waals surface area contributed by atoms with Crippen LogP contribution in [0, 0.1) is 0 Å². The summed E-state index contributed by atoms with van der Waals surface area (Å²) in [5, 5.41) is 2.69. The minimum atomic E-state index is -0.428. The lowest BCUT2D eigenvalue weighted by molar-refractivity contribution is 0.168. The number of amides is 1. The second kappa shape index (κ2) is 5.87. The highest BCUT2D eigenvalue weighted by molar-refractivity contribution is 5.85. The molecule has 0 bridgehead atoms. The van der Waals surface area contributed by atoms with Crippen molar-refractivity contribution in [1.29, 1.82) is 0 Å². The van der Waals surface area contributed by atoms with Crippen LogP contribution >= 0.6 is 0 Å². The van der Waals surface area contributed by atoms with Crippen LogP contribution < -0.4 is 5.32 Å². The van der Waals surface area contributed by atoms with Crippen LogP contribution in [0.4, 0.5) is 10.5 Å². The first kappa shape index (κ1) is 12.2. The molecule has 0 aliphatic rings. The van der Waals surface area contributed by atoms with Crippen LogP contribution in [0.1, 0.15) is 6.92 Å². The maximum atomic E-state index is 11.3. The standard InChI is InChI=1S/C15H15NO2/c1-2-18-15(17)16-14-10-6-9-13(11-14)12-7-4-3-5-8-12/h3-11H,2H2,1H3,(H,16,17). The number of anilines is 1. The van der Waals surface area contributed by atoms with Crippen molar-refractivity contribution < 1.29 is 9.53 Å². The van der Waals surface area contributed by atoms with Gasteiger partial charge in [0.2, 0.25) is 0 Å². The number of carbonyl (C=O) groups excluding carboxylic acids is 1. The van der Waals surface area contributed by atoms with Crippen LogP contribution in [0.2, 0.25) is 0 Å². The highest BCUT2D eigenvalue weighted by atomic mass is 16.5. The maximum Gasteiger partial charge on any atom is 0.411 e. The average Bonchev–Trinajstić information content (AvgIpc) is 2.40. The molecular formula is C15H15NO2. The maximum absolute atomic E-state index is 11.3. The Morgan fingerprint density at radius 3 is 2.50 bits per heavy atom. The molecule has 0 unspecified atom stereocenters. The molecule has 2 aromatic carbocycles. The third-order valence-electron chi connectivity index (χ3n) is 2.49. The van der Waals surface area contributed by atoms with E-state index < -0.39 is 6.09 Å². The lowest BCUT2D eigenvalue weighted by Gasteiger charge is -2.07. The largest absolute Gasteiger partial charge is 0.450 e. The Bertz CT molecular complexity index is 523. The third kappa shape index (κ3) is 3.10. The highest BCUT2D eigenvalue weighted by Gasteiger charge is 2.03. The van der Waals surface area contributed by atoms with Gasteiger partial charge in [-0.3, -0.25) is 5.32 Å². The Hall–Kier alpha value is -2.29. The summed E-state index contributed by atoms with van der Waals surface area (Å²) < 4.78 is 4.84. The minimum Gasteiger partial charge on any atom is -0.450 e. The molecular weight excluding hydrogens is 226 g/mol. The van der Waals surface area contributed by atoms with E-state index in [4.69, 9.17) is 4.74 Å². The summed E-state index contributed by atoms with van der Waals surface area (Å²) >= 11 is 0. The molecule has 0 saturated heterocycles. The molecule has 0 aliphatic carbocycles. The van der Waals surface area contributed by atoms with Gasteiger partial charge in [0, 0.05) is 5.69 Å². The van der Waals surface area contributed by atoms with Crippen molar-refractivity contribution in [3.63, 3.8) is 0 Å². The van der Waals surface area contributed by atoms with E-state index >= 15 is 0 Å². The van der Waals surface area contributed by atoms with Crippen LogP contribution in [-0.2, 0) is 4.74 Å². The van der Waals surface area contributed by atoms with E-state index in [-0.39, 0.29) is 0 Å². The highest BCUT2D eigenvalue weighted by Crippen LogP contribution is 2.22. The first-order chi connectivity index (χ1) is 8.79. The summed E-state index contributed by atoms with van der Waals surface area (Å²) in [6.45, 7) is 2.14. The fourth-order valence-electron chi connectivity index (χ4n) is 1.69. The Morgan fingerprint density at radius 1 is 1.06 bits per heavy atom. The molecule has 0 heterocycles. The molecule has 3 nitrogen and oxygen atoms in total. The SMILES string of the molecule is CCOC(=O)Nc1cccc(-c2ccccc2)c1. The first-order valence-electron chi connectivity index (χ1n) is 5.89. The zero-order chi connectivity index (χ0) is 12.8. The summed E-state index contributed by atoms with van der Waals surface area (Å²) in [5.41, 5.74) is 2.91. The van der Waals surface area contributed by atoms with Crippen LogP contribution in [0.15, 0.2) is 54.6 Å². The monoisotopic (exact) mass is 241 g/mol. The lowest BCUT2D eigenvalue weighted by Crippen LogP contribution is -2.13. The van der Waals surface area contributed by atoms with Crippen molar-refractivity contribution in [3.05, 3.63) is 54.6 Å². The van der Waals surface area contributed by atoms with Crippen LogP contribution in [0.3, 0.4) is 0 Å². The van der Waals surface area contributed by atoms with Crippen molar-refractivity contribution in [1.82, 2.24) is 0 Å². The van der Waals surface area contributed by atoms with E-state index in [1.165, 1.54) is 0 Å². The summed E-state index contributed by atoms with van der Waals surface area (Å²) in [5.74, 6) is 0. The second-order valence-corrected chi connectivity index (χ2v) is 3.79. The predicted molar refractivity (Wildman–Crippen MR) is 72.5 cm³/mol. The van der Waals surface area contributed by atoms with Gasteiger partial charge in [0.15, 0.2) is 0 Å². The minimum absolute atomic E-state index is 0.365. The van der Waals surface area contributed by atoms with Gasteiger partial charge in [0.25, 0.3) is 0 Å². The number of hydrogen-bond acceptors (Lipinski definition) is 2. The molecule has 0 atom stereocenters. The topological polar surface area (TPSA) is 38.3 Å². The fourth-order valence-corrected chi connectivity index (χ4v) is 1.69. The average molecular weight is 241 g/mol. The molecule has 0 aliphatic heterocycles. The van der Waals surface area contributed by atoms with E-state index in [9.17, 15) is 4.79 Å². The van der Waals surface area contributed by atoms with Gasteiger partial charge in [-0.15, -0.1) is 0 Å². The Labute approximate surface area is 106 Å². The van der Waals surface area contributed by atoms with E-state index in [1.807, 2.05) is 54.6 Å². The molecule has 0 aromatic heterocycles. The summed E-state index contributed by atoms with van der Waals surface area (Å²) in [6.07, 6.45) is -0.428. The predicted octanol–water partition coefficient (Wildman–Crippen LogP) is 3.92. The number of benzene rings is 2. The van der Waals surface area contributed by atoms with Gasteiger partial charge in [0.05, 0.1) is 6.61 Å². The molecule has 0 fully saturated rings. The molecule has 92 valence electrons. The number of nitrogens with one attached hydrogen (secondary N) is 1. The molecule has 0 radical (unpaired) electrons. The van der Waals surface area contributed by atoms with Gasteiger partial charge < -0.3 is 4.74 Å². The van der Waals surface area contributed by atoms with Crippen molar-refractivity contribution in [3.8, 4) is 11.1 Å². The van der Waals surface area contributed by atoms with Gasteiger partial charge in [0.1, 0.15) is 0 Å². The van der Waals surface area contributed by atoms with Gasteiger partial charge in [-0.2, -0.15) is 0 Å². The third-order valence-corrected chi connectivity index (χ3v) is 2.49. The fraction of sp³-hybridized carbons (Fsp3) is 0.133. The van der Waals surface area contributed by atoms with Crippen LogP contribution in [0.25, 0.3) is 11.1 Å².